The molecule has 0 aliphatic heterocycles. The first-order valence-corrected chi connectivity index (χ1v) is 66.0. The molecule has 2 aromatic heterocycles. The number of ether oxygens (including phenoxy) is 4. The molecule has 6 N–H and O–H groups in total. The summed E-state index contributed by atoms with van der Waals surface area (Å²) in [6, 6.07) is 29.8. The molecule has 700 valence electrons. The van der Waals surface area contributed by atoms with E-state index in [0.29, 0.717) is 120 Å². The molecule has 2 heterocycles. The number of nitrogens with one attached hydrogen (secondary N) is 6. The average molecular weight is 1850 g/mol. The van der Waals surface area contributed by atoms with Crippen LogP contribution in [0.1, 0.15) is 266 Å². The topological polar surface area (TPSA) is 301 Å². The fourth-order valence-electron chi connectivity index (χ4n) is 13.6. The molecule has 4 aromatic carbocycles. The van der Waals surface area contributed by atoms with Crippen LogP contribution in [-0.2, 0) is 39.5 Å². The molecule has 0 saturated carbocycles. The van der Waals surface area contributed by atoms with Crippen LogP contribution in [0.4, 0.5) is 58.4 Å². The predicted octanol–water partition coefficient (Wildman–Crippen LogP) is 27.2. The van der Waals surface area contributed by atoms with E-state index in [4.69, 9.17) is 49.5 Å². The second-order valence-corrected chi connectivity index (χ2v) is 65.0. The number of benzene rings is 4. The first-order chi connectivity index (χ1) is 56.9. The smallest absolute Gasteiger partial charge is 0.338 e. The first kappa shape index (κ1) is 115. The van der Waals surface area contributed by atoms with E-state index in [2.05, 4.69) is 170 Å². The lowest BCUT2D eigenvalue weighted by Crippen LogP contribution is -2.56. The van der Waals surface area contributed by atoms with Crippen LogP contribution in [-0.4, -0.2) is 152 Å². The number of nitrogens with zero attached hydrogens (tertiary/aromatic N) is 6. The Kier molecular flexibility index (Phi) is 55.5. The van der Waals surface area contributed by atoms with Gasteiger partial charge in [-0.3, -0.25) is 0 Å². The van der Waals surface area contributed by atoms with E-state index in [1.807, 2.05) is 38.1 Å². The fourth-order valence-corrected chi connectivity index (χ4v) is 44.1. The lowest BCUT2D eigenvalue weighted by molar-refractivity contribution is 0.0488. The van der Waals surface area contributed by atoms with Gasteiger partial charge in [0.2, 0.25) is 35.7 Å². The zero-order valence-electron chi connectivity index (χ0n) is 76.8. The van der Waals surface area contributed by atoms with Crippen molar-refractivity contribution in [3.8, 4) is 0 Å². The van der Waals surface area contributed by atoms with Gasteiger partial charge in [0.05, 0.1) is 48.7 Å². The fraction of sp³-hybridized carbons (Fsp3) is 0.630. The highest BCUT2D eigenvalue weighted by Crippen LogP contribution is 2.31. The van der Waals surface area contributed by atoms with Gasteiger partial charge in [-0.05, 0) is 252 Å². The normalized spacial score (nSPS) is 12.1. The van der Waals surface area contributed by atoms with Crippen LogP contribution in [0.5, 0.6) is 0 Å². The first-order valence-electron chi connectivity index (χ1n) is 44.5. The van der Waals surface area contributed by atoms with Crippen LogP contribution in [0.3, 0.4) is 0 Å². The van der Waals surface area contributed by atoms with Crippen LogP contribution in [0, 0.1) is 0 Å². The number of anilines is 10. The predicted molar refractivity (Wildman–Crippen MR) is 535 cm³/mol. The van der Waals surface area contributed by atoms with Crippen molar-refractivity contribution < 1.29 is 58.7 Å². The third-order valence-corrected chi connectivity index (χ3v) is 41.6. The number of rotatable bonds is 60. The summed E-state index contributed by atoms with van der Waals surface area (Å²) in [7, 11) is -14.8. The Bertz CT molecular complexity index is 3730. The van der Waals surface area contributed by atoms with Crippen LogP contribution >= 0.6 is 0 Å². The summed E-state index contributed by atoms with van der Waals surface area (Å²) >= 11 is 0. The number of unbranched alkanes of at least 4 members (excludes halogenated alkanes) is 20. The molecular weight excluding hydrogens is 1680 g/mol. The highest BCUT2D eigenvalue weighted by molar-refractivity contribution is 6.90. The van der Waals surface area contributed by atoms with Crippen molar-refractivity contribution in [1.29, 1.82) is 0 Å². The Morgan fingerprint density at radius 2 is 0.468 bits per heavy atom. The van der Waals surface area contributed by atoms with Gasteiger partial charge < -0.3 is 71.4 Å². The molecule has 124 heavy (non-hydrogen) atoms. The van der Waals surface area contributed by atoms with Gasteiger partial charge in [-0.25, -0.2) is 19.2 Å². The van der Waals surface area contributed by atoms with Crippen molar-refractivity contribution in [3.63, 3.8) is 0 Å². The van der Waals surface area contributed by atoms with E-state index in [-0.39, 0.29) is 53.6 Å². The molecule has 0 saturated heterocycles. The van der Waals surface area contributed by atoms with Crippen LogP contribution in [0.25, 0.3) is 0 Å². The Labute approximate surface area is 757 Å². The van der Waals surface area contributed by atoms with Crippen molar-refractivity contribution in [2.45, 2.75) is 341 Å². The standard InChI is InChI=1S/C51H88N6O6Si3.C37H62N6O7Si4.4CH4/c1-10-12-14-16-18-20-22-24-26-28-40-60-47(58)43-31-35-45(36-32-43)53-50-55-49(52-39-30-42-66(9,62-64(3,4)5)63-65(6,7)8)56-51(57-50)54-46-37-33-44(34-38-46)48(59)61-41-29-27-25-23-21-19-17-15-13-11-2;1-12-14-26-46-33(44)29-17-21-31(22-18-29)39-36-41-35(42-37(43-36)40-32-23-19-30(20-24-32)34(45)47-27-15-13-2)38-25-16-28-54(11,49-52(6,7)8)50-53(9,10)48-51(3,4)5;;;;/h31-38H,10-30,39-42H2,1-9H3,(H3,52,53,54,55,56,57);17-24H,12-16,25-28H2,1-11H3,(H3,38,39,40,41,42,43);4*1H4. The summed E-state index contributed by atoms with van der Waals surface area (Å²) in [6.45, 7) is 46.5. The van der Waals surface area contributed by atoms with Gasteiger partial charge in [-0.15, -0.1) is 0 Å². The zero-order chi connectivity index (χ0) is 88.1. The Balaban J connectivity index is 0.00000122. The van der Waals surface area contributed by atoms with Gasteiger partial charge in [-0.1, -0.05) is 186 Å². The lowest BCUT2D eigenvalue weighted by Gasteiger charge is -2.41. The average Bonchev–Trinajstić information content (AvgIpc) is 0.837. The maximum Gasteiger partial charge on any atom is 0.338 e. The Hall–Kier alpha value is -7.10. The summed E-state index contributed by atoms with van der Waals surface area (Å²) in [4.78, 5) is 78.5. The van der Waals surface area contributed by atoms with E-state index in [1.165, 1.54) is 103 Å². The molecule has 1 unspecified atom stereocenters. The number of hydrogen-bond acceptors (Lipinski definition) is 25. The van der Waals surface area contributed by atoms with Gasteiger partial charge in [0.15, 0.2) is 33.3 Å². The molecule has 0 bridgehead atoms. The minimum absolute atomic E-state index is 0. The van der Waals surface area contributed by atoms with Crippen molar-refractivity contribution in [2.75, 3.05) is 71.4 Å². The highest BCUT2D eigenvalue weighted by Gasteiger charge is 2.45. The second kappa shape index (κ2) is 59.8. The van der Waals surface area contributed by atoms with E-state index in [9.17, 15) is 19.2 Å². The molecule has 25 nitrogen and oxygen atoms in total. The summed E-state index contributed by atoms with van der Waals surface area (Å²) < 4.78 is 55.5. The quantitative estimate of drug-likeness (QED) is 0.00894. The van der Waals surface area contributed by atoms with Gasteiger partial charge in [0.25, 0.3) is 0 Å². The molecule has 6 aromatic rings. The minimum Gasteiger partial charge on any atom is -0.462 e. The van der Waals surface area contributed by atoms with Crippen LogP contribution in [0.2, 0.25) is 117 Å². The van der Waals surface area contributed by atoms with Crippen molar-refractivity contribution >= 4 is 141 Å². The number of esters is 4. The summed E-state index contributed by atoms with van der Waals surface area (Å²) in [6.07, 6.45) is 29.8. The number of aromatic nitrogens is 6. The van der Waals surface area contributed by atoms with Crippen molar-refractivity contribution in [2.24, 2.45) is 0 Å². The number of carbonyl (C=O) groups excluding carboxylic acids is 4. The molecule has 0 spiro atoms. The molecule has 0 aliphatic rings. The molecule has 32 heteroatoms. The molecule has 0 aliphatic carbocycles. The van der Waals surface area contributed by atoms with Crippen LogP contribution < -0.4 is 31.9 Å². The molecule has 1 atom stereocenters. The van der Waals surface area contributed by atoms with Gasteiger partial charge in [-0.2, -0.15) is 29.9 Å². The molecular formula is C92H166N12O13Si7. The number of hydrogen-bond donors (Lipinski definition) is 6. The SMILES string of the molecule is C.C.C.C.CCCCCCCCCCCCOC(=O)c1ccc(Nc2nc(NCCC[Si](C)(O[Si](C)(C)C)O[Si](C)(C)C)nc(Nc3ccc(C(=O)OCCCCCCCCCCCC)cc3)n2)cc1.CCCCOC(=O)c1ccc(Nc2nc(NCCC[Si](C)(O[Si](C)(C)C)O[Si](C)(C)O[Si](C)(C)C)nc(Nc3ccc(C(=O)OCCCC)cc3)n2)cc1. The van der Waals surface area contributed by atoms with E-state index in [0.717, 1.165) is 76.3 Å². The number of carbonyl (C=O) groups is 4. The van der Waals surface area contributed by atoms with Crippen molar-refractivity contribution in [3.05, 3.63) is 119 Å². The Morgan fingerprint density at radius 1 is 0.258 bits per heavy atom. The largest absolute Gasteiger partial charge is 0.462 e. The van der Waals surface area contributed by atoms with E-state index < -0.39 is 59.0 Å². The molecule has 0 radical (unpaired) electrons. The maximum absolute atomic E-state index is 12.8. The summed E-state index contributed by atoms with van der Waals surface area (Å²) in [5, 5.41) is 19.8. The van der Waals surface area contributed by atoms with Gasteiger partial charge in [0, 0.05) is 35.8 Å². The molecule has 0 amide bonds. The second-order valence-electron chi connectivity index (χ2n) is 35.7. The van der Waals surface area contributed by atoms with E-state index in [1.54, 1.807) is 72.8 Å². The van der Waals surface area contributed by atoms with Crippen molar-refractivity contribution in [1.82, 2.24) is 29.9 Å². The third kappa shape index (κ3) is 51.0. The monoisotopic (exact) mass is 1840 g/mol. The zero-order valence-corrected chi connectivity index (χ0v) is 83.8. The summed E-state index contributed by atoms with van der Waals surface area (Å²) in [5.41, 5.74) is 4.69. The maximum atomic E-state index is 12.8. The van der Waals surface area contributed by atoms with Gasteiger partial charge in [0.1, 0.15) is 0 Å². The lowest BCUT2D eigenvalue weighted by atomic mass is 10.1. The summed E-state index contributed by atoms with van der Waals surface area (Å²) in [5.74, 6) is 0.635. The minimum atomic E-state index is -2.59. The Morgan fingerprint density at radius 3 is 0.702 bits per heavy atom. The van der Waals surface area contributed by atoms with E-state index >= 15 is 0 Å². The molecule has 0 fully saturated rings. The highest BCUT2D eigenvalue weighted by atomic mass is 28.5. The third-order valence-electron chi connectivity index (χ3n) is 18.5. The van der Waals surface area contributed by atoms with Crippen LogP contribution in [0.15, 0.2) is 97.1 Å². The molecule has 6 rings (SSSR count). The van der Waals surface area contributed by atoms with Gasteiger partial charge >= 0.3 is 49.6 Å².